The van der Waals surface area contributed by atoms with Crippen LogP contribution < -0.4 is 9.80 Å². The number of nitrogens with zero attached hydrogens (tertiary/aromatic N) is 4. The summed E-state index contributed by atoms with van der Waals surface area (Å²) in [6.45, 7) is 6.85. The second kappa shape index (κ2) is 11.0. The minimum Gasteiger partial charge on any atom is -0.303 e. The van der Waals surface area contributed by atoms with Crippen molar-refractivity contribution in [2.45, 2.75) is 58.7 Å². The van der Waals surface area contributed by atoms with Crippen LogP contribution in [0.5, 0.6) is 0 Å². The third-order valence-corrected chi connectivity index (χ3v) is 5.83. The monoisotopic (exact) mass is 522 g/mol. The molecular weight excluding hydrogens is 499 g/mol. The van der Waals surface area contributed by atoms with E-state index in [0.717, 1.165) is 18.2 Å². The summed E-state index contributed by atoms with van der Waals surface area (Å²) in [5, 5.41) is 17.3. The van der Waals surface area contributed by atoms with Gasteiger partial charge in [-0.1, -0.05) is 19.9 Å². The highest BCUT2D eigenvalue weighted by atomic mass is 32.1. The summed E-state index contributed by atoms with van der Waals surface area (Å²) in [6.07, 6.45) is -4.17. The molecule has 0 spiro atoms. The van der Waals surface area contributed by atoms with Gasteiger partial charge in [0.25, 0.3) is 5.91 Å². The molecule has 5 nitrogen and oxygen atoms in total. The van der Waals surface area contributed by atoms with Gasteiger partial charge in [-0.15, -0.1) is 0 Å². The van der Waals surface area contributed by atoms with Gasteiger partial charge in [0.15, 0.2) is 10.9 Å². The summed E-state index contributed by atoms with van der Waals surface area (Å²) in [4.78, 5) is 15.0. The normalized spacial score (nSPS) is 14.8. The summed E-state index contributed by atoms with van der Waals surface area (Å²) in [6, 6.07) is 9.01. The van der Waals surface area contributed by atoms with Crippen LogP contribution in [0.2, 0.25) is 0 Å². The van der Waals surface area contributed by atoms with Gasteiger partial charge in [-0.2, -0.15) is 23.7 Å². The lowest BCUT2D eigenvalue weighted by Gasteiger charge is -2.29. The molecule has 0 saturated carbocycles. The van der Waals surface area contributed by atoms with Crippen molar-refractivity contribution in [3.63, 3.8) is 0 Å². The van der Waals surface area contributed by atoms with Crippen molar-refractivity contribution >= 4 is 34.6 Å². The molecule has 1 heterocycles. The zero-order chi connectivity index (χ0) is 27.4. The van der Waals surface area contributed by atoms with Gasteiger partial charge in [0, 0.05) is 12.1 Å². The highest BCUT2D eigenvalue weighted by molar-refractivity contribution is 7.81. The van der Waals surface area contributed by atoms with Crippen molar-refractivity contribution in [3.05, 3.63) is 58.7 Å². The number of alkyl halides is 3. The summed E-state index contributed by atoms with van der Waals surface area (Å²) < 4.78 is 70.1. The van der Waals surface area contributed by atoms with Gasteiger partial charge < -0.3 is 4.90 Å². The van der Waals surface area contributed by atoms with Gasteiger partial charge in [-0.25, -0.2) is 8.78 Å². The molecule has 1 fully saturated rings. The maximum atomic E-state index is 15.0. The van der Waals surface area contributed by atoms with Crippen molar-refractivity contribution < 1.29 is 26.7 Å². The minimum absolute atomic E-state index is 0.150. The Morgan fingerprint density at radius 3 is 2.25 bits per heavy atom. The predicted molar refractivity (Wildman–Crippen MR) is 129 cm³/mol. The molecule has 0 aromatic heterocycles. The highest BCUT2D eigenvalue weighted by Crippen LogP contribution is 2.42. The SMILES string of the molecule is CC.CC1(C)C(=O)N(c2ccc(C#N)c(C(F)(F)F)c2F)C(=S)N1c1ccc(CCCC#N)c(F)c1. The molecule has 0 aliphatic carbocycles. The zero-order valence-corrected chi connectivity index (χ0v) is 20.8. The highest BCUT2D eigenvalue weighted by Gasteiger charge is 2.52. The van der Waals surface area contributed by atoms with E-state index in [2.05, 4.69) is 0 Å². The largest absolute Gasteiger partial charge is 0.420 e. The number of rotatable bonds is 5. The van der Waals surface area contributed by atoms with Crippen molar-refractivity contribution in [3.8, 4) is 12.1 Å². The molecule has 2 aromatic rings. The fourth-order valence-electron chi connectivity index (χ4n) is 3.78. The number of aryl methyl sites for hydroxylation is 1. The molecule has 0 bridgehead atoms. The number of thiocarbonyl (C=S) groups is 1. The number of carbonyl (C=O) groups excluding carboxylic acids is 1. The van der Waals surface area contributed by atoms with E-state index in [1.54, 1.807) is 0 Å². The number of halogens is 5. The van der Waals surface area contributed by atoms with E-state index in [4.69, 9.17) is 22.7 Å². The molecule has 0 atom stereocenters. The summed E-state index contributed by atoms with van der Waals surface area (Å²) >= 11 is 5.33. The van der Waals surface area contributed by atoms with E-state index in [-0.39, 0.29) is 17.2 Å². The summed E-state index contributed by atoms with van der Waals surface area (Å²) in [7, 11) is 0. The molecule has 1 aliphatic heterocycles. The first-order valence-electron chi connectivity index (χ1n) is 11.0. The van der Waals surface area contributed by atoms with E-state index < -0.39 is 46.1 Å². The fraction of sp³-hybridized carbons (Fsp3) is 0.360. The van der Waals surface area contributed by atoms with Crippen LogP contribution in [0.1, 0.15) is 57.2 Å². The number of anilines is 2. The van der Waals surface area contributed by atoms with Crippen LogP contribution in [0.25, 0.3) is 0 Å². The van der Waals surface area contributed by atoms with Crippen molar-refractivity contribution in [2.75, 3.05) is 9.80 Å². The van der Waals surface area contributed by atoms with Gasteiger partial charge in [-0.05, 0) is 68.7 Å². The van der Waals surface area contributed by atoms with Crippen molar-refractivity contribution in [1.29, 1.82) is 10.5 Å². The second-order valence-electron chi connectivity index (χ2n) is 8.04. The van der Waals surface area contributed by atoms with Gasteiger partial charge in [0.2, 0.25) is 0 Å². The Morgan fingerprint density at radius 1 is 1.08 bits per heavy atom. The van der Waals surface area contributed by atoms with E-state index in [9.17, 15) is 22.4 Å². The Kier molecular flexibility index (Phi) is 8.76. The van der Waals surface area contributed by atoms with Crippen LogP contribution in [0.4, 0.5) is 33.3 Å². The fourth-order valence-corrected chi connectivity index (χ4v) is 4.30. The second-order valence-corrected chi connectivity index (χ2v) is 8.40. The minimum atomic E-state index is -5.19. The number of nitriles is 2. The first kappa shape index (κ1) is 28.7. The molecule has 1 aliphatic rings. The smallest absolute Gasteiger partial charge is 0.303 e. The molecule has 2 aromatic carbocycles. The van der Waals surface area contributed by atoms with Gasteiger partial charge in [0.05, 0.1) is 23.4 Å². The lowest BCUT2D eigenvalue weighted by atomic mass is 10.0. The Labute approximate surface area is 211 Å². The molecule has 3 rings (SSSR count). The van der Waals surface area contributed by atoms with Crippen LogP contribution in [-0.4, -0.2) is 16.6 Å². The van der Waals surface area contributed by atoms with E-state index in [0.29, 0.717) is 23.3 Å². The Hall–Kier alpha value is -3.57. The summed E-state index contributed by atoms with van der Waals surface area (Å²) in [5.41, 5.74) is -4.48. The van der Waals surface area contributed by atoms with Crippen LogP contribution in [0.15, 0.2) is 30.3 Å². The molecule has 11 heteroatoms. The van der Waals surface area contributed by atoms with E-state index in [1.165, 1.54) is 36.9 Å². The average molecular weight is 523 g/mol. The topological polar surface area (TPSA) is 71.1 Å². The first-order chi connectivity index (χ1) is 16.9. The Bertz CT molecular complexity index is 1260. The van der Waals surface area contributed by atoms with Gasteiger partial charge >= 0.3 is 6.18 Å². The maximum Gasteiger partial charge on any atom is 0.420 e. The number of unbranched alkanes of at least 4 members (excludes halogenated alkanes) is 1. The molecule has 0 radical (unpaired) electrons. The maximum absolute atomic E-state index is 15.0. The van der Waals surface area contributed by atoms with E-state index >= 15 is 4.39 Å². The number of benzene rings is 2. The third-order valence-electron chi connectivity index (χ3n) is 5.46. The number of hydrogen-bond acceptors (Lipinski definition) is 4. The molecule has 0 N–H and O–H groups in total. The third kappa shape index (κ3) is 5.17. The zero-order valence-electron chi connectivity index (χ0n) is 20.0. The first-order valence-corrected chi connectivity index (χ1v) is 11.4. The predicted octanol–water partition coefficient (Wildman–Crippen LogP) is 6.64. The number of carbonyl (C=O) groups is 1. The quantitative estimate of drug-likeness (QED) is 0.250. The van der Waals surface area contributed by atoms with Crippen molar-refractivity contribution in [1.82, 2.24) is 0 Å². The molecule has 1 amide bonds. The number of amides is 1. The van der Waals surface area contributed by atoms with Gasteiger partial charge in [-0.3, -0.25) is 9.69 Å². The Balaban J connectivity index is 0.00000222. The molecule has 190 valence electrons. The lowest BCUT2D eigenvalue weighted by molar-refractivity contribution is -0.140. The Morgan fingerprint density at radius 2 is 1.72 bits per heavy atom. The standard InChI is InChI=1S/C23H17F5N4OS.C2H6/c1-22(2)20(33)31(17-9-7-14(12-30)18(19(17)25)23(26,27)28)21(34)32(22)15-8-6-13(16(24)11-15)5-3-4-10-29;1-2/h6-9,11H,3-5H2,1-2H3;1-2H3. The van der Waals surface area contributed by atoms with Gasteiger partial charge in [0.1, 0.15) is 16.9 Å². The van der Waals surface area contributed by atoms with Crippen LogP contribution >= 0.6 is 12.2 Å². The summed E-state index contributed by atoms with van der Waals surface area (Å²) in [5.74, 6) is -3.24. The van der Waals surface area contributed by atoms with E-state index in [1.807, 2.05) is 19.9 Å². The average Bonchev–Trinajstić information content (AvgIpc) is 2.99. The van der Waals surface area contributed by atoms with Crippen molar-refractivity contribution in [2.24, 2.45) is 0 Å². The van der Waals surface area contributed by atoms with Crippen LogP contribution in [0, 0.1) is 34.3 Å². The molecular formula is C25H23F5N4OS. The van der Waals surface area contributed by atoms with Crippen LogP contribution in [0.3, 0.4) is 0 Å². The molecule has 1 saturated heterocycles. The number of hydrogen-bond donors (Lipinski definition) is 0. The van der Waals surface area contributed by atoms with Crippen LogP contribution in [-0.2, 0) is 17.4 Å². The molecule has 0 unspecified atom stereocenters. The lowest BCUT2D eigenvalue weighted by Crippen LogP contribution is -2.44. The molecule has 36 heavy (non-hydrogen) atoms.